The molecule has 1 aliphatic rings. The maximum absolute atomic E-state index is 10.6. The van der Waals surface area contributed by atoms with E-state index in [0.29, 0.717) is 0 Å². The topological polar surface area (TPSA) is 56.9 Å². The van der Waals surface area contributed by atoms with Gasteiger partial charge in [-0.05, 0) is 19.2 Å². The van der Waals surface area contributed by atoms with Crippen molar-refractivity contribution in [1.29, 1.82) is 0 Å². The minimum absolute atomic E-state index is 0.0263. The Kier molecular flexibility index (Phi) is 3.81. The molecule has 0 radical (unpaired) electrons. The first-order valence-corrected chi connectivity index (χ1v) is 5.88. The predicted molar refractivity (Wildman–Crippen MR) is 63.3 cm³/mol. The Bertz CT molecular complexity index is 381. The zero-order valence-electron chi connectivity index (χ0n) is 10.1. The third-order valence-corrected chi connectivity index (χ3v) is 3.14. The SMILES string of the molecule is CN1CCN(CCc2ccc(C(=O)O)o2)CC1. The second kappa shape index (κ2) is 5.33. The van der Waals surface area contributed by atoms with Crippen molar-refractivity contribution in [3.8, 4) is 0 Å². The number of aromatic carboxylic acids is 1. The molecule has 1 aromatic rings. The fraction of sp³-hybridized carbons (Fsp3) is 0.583. The van der Waals surface area contributed by atoms with Gasteiger partial charge in [0.15, 0.2) is 0 Å². The van der Waals surface area contributed by atoms with E-state index in [-0.39, 0.29) is 5.76 Å². The van der Waals surface area contributed by atoms with Gasteiger partial charge in [0.25, 0.3) is 0 Å². The van der Waals surface area contributed by atoms with E-state index in [4.69, 9.17) is 9.52 Å². The van der Waals surface area contributed by atoms with Gasteiger partial charge in [-0.15, -0.1) is 0 Å². The number of carboxylic acid groups (broad SMARTS) is 1. The van der Waals surface area contributed by atoms with Gasteiger partial charge in [0.05, 0.1) is 0 Å². The molecule has 0 spiro atoms. The van der Waals surface area contributed by atoms with Gasteiger partial charge >= 0.3 is 5.97 Å². The van der Waals surface area contributed by atoms with Gasteiger partial charge in [-0.25, -0.2) is 4.79 Å². The van der Waals surface area contributed by atoms with Crippen LogP contribution in [0.4, 0.5) is 0 Å². The second-order valence-corrected chi connectivity index (χ2v) is 4.47. The lowest BCUT2D eigenvalue weighted by atomic mass is 10.2. The minimum atomic E-state index is -1.00. The van der Waals surface area contributed by atoms with Crippen molar-refractivity contribution < 1.29 is 14.3 Å². The largest absolute Gasteiger partial charge is 0.475 e. The summed E-state index contributed by atoms with van der Waals surface area (Å²) in [7, 11) is 2.13. The zero-order valence-corrected chi connectivity index (χ0v) is 10.1. The van der Waals surface area contributed by atoms with Crippen LogP contribution in [-0.4, -0.2) is 60.6 Å². The molecule has 1 fully saturated rings. The maximum atomic E-state index is 10.6. The summed E-state index contributed by atoms with van der Waals surface area (Å²) in [6, 6.07) is 3.27. The smallest absolute Gasteiger partial charge is 0.371 e. The molecule has 0 aliphatic carbocycles. The normalized spacial score (nSPS) is 18.4. The highest BCUT2D eigenvalue weighted by molar-refractivity contribution is 5.84. The minimum Gasteiger partial charge on any atom is -0.475 e. The molecule has 0 aromatic carbocycles. The van der Waals surface area contributed by atoms with Crippen molar-refractivity contribution in [1.82, 2.24) is 9.80 Å². The Labute approximate surface area is 101 Å². The quantitative estimate of drug-likeness (QED) is 0.839. The highest BCUT2D eigenvalue weighted by atomic mass is 16.4. The molecule has 0 unspecified atom stereocenters. The van der Waals surface area contributed by atoms with Crippen molar-refractivity contribution in [3.63, 3.8) is 0 Å². The molecule has 5 heteroatoms. The van der Waals surface area contributed by atoms with Gasteiger partial charge in [0, 0.05) is 39.1 Å². The summed E-state index contributed by atoms with van der Waals surface area (Å²) in [5, 5.41) is 8.73. The molecule has 0 bridgehead atoms. The van der Waals surface area contributed by atoms with E-state index in [1.165, 1.54) is 6.07 Å². The van der Waals surface area contributed by atoms with E-state index in [2.05, 4.69) is 16.8 Å². The molecule has 2 heterocycles. The fourth-order valence-electron chi connectivity index (χ4n) is 1.97. The summed E-state index contributed by atoms with van der Waals surface area (Å²) in [6.07, 6.45) is 0.775. The average molecular weight is 238 g/mol. The molecule has 94 valence electrons. The third kappa shape index (κ3) is 3.31. The number of carboxylic acids is 1. The van der Waals surface area contributed by atoms with Gasteiger partial charge < -0.3 is 19.3 Å². The van der Waals surface area contributed by atoms with Crippen LogP contribution in [0.15, 0.2) is 16.5 Å². The molecule has 1 aliphatic heterocycles. The molecular weight excluding hydrogens is 220 g/mol. The van der Waals surface area contributed by atoms with E-state index in [0.717, 1.165) is 44.9 Å². The fourth-order valence-corrected chi connectivity index (χ4v) is 1.97. The Balaban J connectivity index is 1.79. The molecule has 1 saturated heterocycles. The second-order valence-electron chi connectivity index (χ2n) is 4.47. The van der Waals surface area contributed by atoms with Gasteiger partial charge in [-0.3, -0.25) is 0 Å². The maximum Gasteiger partial charge on any atom is 0.371 e. The van der Waals surface area contributed by atoms with Crippen LogP contribution in [0.5, 0.6) is 0 Å². The number of piperazine rings is 1. The van der Waals surface area contributed by atoms with Crippen LogP contribution in [0, 0.1) is 0 Å². The van der Waals surface area contributed by atoms with Gasteiger partial charge in [-0.2, -0.15) is 0 Å². The summed E-state index contributed by atoms with van der Waals surface area (Å²) in [4.78, 5) is 15.3. The molecule has 1 N–H and O–H groups in total. The molecule has 0 atom stereocenters. The number of hydrogen-bond donors (Lipinski definition) is 1. The van der Waals surface area contributed by atoms with Crippen molar-refractivity contribution in [2.24, 2.45) is 0 Å². The summed E-state index contributed by atoms with van der Waals surface area (Å²) < 4.78 is 5.22. The van der Waals surface area contributed by atoms with Crippen LogP contribution in [0.2, 0.25) is 0 Å². The van der Waals surface area contributed by atoms with Crippen molar-refractivity contribution in [2.45, 2.75) is 6.42 Å². The Morgan fingerprint density at radius 3 is 2.65 bits per heavy atom. The summed E-state index contributed by atoms with van der Waals surface area (Å²) in [5.74, 6) is -0.226. The van der Waals surface area contributed by atoms with Crippen molar-refractivity contribution in [2.75, 3.05) is 39.8 Å². The highest BCUT2D eigenvalue weighted by Gasteiger charge is 2.14. The van der Waals surface area contributed by atoms with Gasteiger partial charge in [0.1, 0.15) is 5.76 Å². The predicted octanol–water partition coefficient (Wildman–Crippen LogP) is 0.768. The molecule has 5 nitrogen and oxygen atoms in total. The molecular formula is C12H18N2O3. The monoisotopic (exact) mass is 238 g/mol. The first-order valence-electron chi connectivity index (χ1n) is 5.88. The van der Waals surface area contributed by atoms with E-state index in [9.17, 15) is 4.79 Å². The summed E-state index contributed by atoms with van der Waals surface area (Å²) in [6.45, 7) is 5.27. The molecule has 2 rings (SSSR count). The van der Waals surface area contributed by atoms with Crippen LogP contribution >= 0.6 is 0 Å². The first-order chi connectivity index (χ1) is 8.15. The van der Waals surface area contributed by atoms with E-state index in [1.807, 2.05) is 0 Å². The molecule has 17 heavy (non-hydrogen) atoms. The summed E-state index contributed by atoms with van der Waals surface area (Å²) in [5.41, 5.74) is 0. The lowest BCUT2D eigenvalue weighted by Gasteiger charge is -2.32. The lowest BCUT2D eigenvalue weighted by molar-refractivity contribution is 0.0659. The van der Waals surface area contributed by atoms with Gasteiger partial charge in [-0.1, -0.05) is 0 Å². The Morgan fingerprint density at radius 2 is 2.06 bits per heavy atom. The average Bonchev–Trinajstić information content (AvgIpc) is 2.77. The number of carbonyl (C=O) groups is 1. The van der Waals surface area contributed by atoms with Crippen molar-refractivity contribution >= 4 is 5.97 Å². The highest BCUT2D eigenvalue weighted by Crippen LogP contribution is 2.09. The summed E-state index contributed by atoms with van der Waals surface area (Å²) >= 11 is 0. The van der Waals surface area contributed by atoms with Crippen LogP contribution < -0.4 is 0 Å². The Morgan fingerprint density at radius 1 is 1.35 bits per heavy atom. The zero-order chi connectivity index (χ0) is 12.3. The number of furan rings is 1. The van der Waals surface area contributed by atoms with Crippen LogP contribution in [0.25, 0.3) is 0 Å². The standard InChI is InChI=1S/C12H18N2O3/c1-13-6-8-14(9-7-13)5-4-10-2-3-11(17-10)12(15)16/h2-3H,4-9H2,1H3,(H,15,16). The van der Waals surface area contributed by atoms with Crippen LogP contribution in [0.3, 0.4) is 0 Å². The van der Waals surface area contributed by atoms with Crippen LogP contribution in [-0.2, 0) is 6.42 Å². The van der Waals surface area contributed by atoms with Crippen LogP contribution in [0.1, 0.15) is 16.3 Å². The molecule has 0 amide bonds. The van der Waals surface area contributed by atoms with Crippen molar-refractivity contribution in [3.05, 3.63) is 23.7 Å². The number of rotatable bonds is 4. The lowest BCUT2D eigenvalue weighted by Crippen LogP contribution is -2.45. The number of nitrogens with zero attached hydrogens (tertiary/aromatic N) is 2. The van der Waals surface area contributed by atoms with E-state index < -0.39 is 5.97 Å². The Hall–Kier alpha value is -1.33. The van der Waals surface area contributed by atoms with E-state index in [1.54, 1.807) is 6.07 Å². The first kappa shape index (κ1) is 12.1. The van der Waals surface area contributed by atoms with E-state index >= 15 is 0 Å². The number of likely N-dealkylation sites (N-methyl/N-ethyl adjacent to an activating group) is 1. The number of hydrogen-bond acceptors (Lipinski definition) is 4. The third-order valence-electron chi connectivity index (χ3n) is 3.14. The molecule has 1 aromatic heterocycles. The molecule has 0 saturated carbocycles. The van der Waals surface area contributed by atoms with Gasteiger partial charge in [0.2, 0.25) is 5.76 Å².